The predicted octanol–water partition coefficient (Wildman–Crippen LogP) is 3.31. The van der Waals surface area contributed by atoms with E-state index in [1.54, 1.807) is 0 Å². The summed E-state index contributed by atoms with van der Waals surface area (Å²) in [4.78, 5) is 19.8. The Hall–Kier alpha value is -2.57. The van der Waals surface area contributed by atoms with E-state index in [1.165, 1.54) is 19.3 Å². The van der Waals surface area contributed by atoms with Crippen LogP contribution in [0.3, 0.4) is 0 Å². The number of hydrogen-bond donors (Lipinski definition) is 1. The molecule has 0 spiro atoms. The molecule has 166 valence electrons. The average molecular weight is 423 g/mol. The van der Waals surface area contributed by atoms with Gasteiger partial charge in [-0.1, -0.05) is 30.3 Å². The van der Waals surface area contributed by atoms with Gasteiger partial charge < -0.3 is 15.0 Å². The third-order valence-electron chi connectivity index (χ3n) is 6.13. The molecule has 0 bridgehead atoms. The Labute approximate surface area is 185 Å². The van der Waals surface area contributed by atoms with Gasteiger partial charge in [0.15, 0.2) is 0 Å². The fourth-order valence-electron chi connectivity index (χ4n) is 4.36. The van der Waals surface area contributed by atoms with Crippen LogP contribution in [-0.2, 0) is 4.79 Å². The molecular weight excluding hydrogens is 388 g/mol. The van der Waals surface area contributed by atoms with Gasteiger partial charge in [0, 0.05) is 45.8 Å². The molecule has 0 saturated carbocycles. The number of nitrogens with one attached hydrogen (secondary N) is 1. The molecular formula is C25H34N4O2. The lowest BCUT2D eigenvalue weighted by molar-refractivity contribution is -0.117. The molecule has 0 aromatic heterocycles. The summed E-state index contributed by atoms with van der Waals surface area (Å²) >= 11 is 0. The molecule has 2 aromatic carbocycles. The molecule has 2 fully saturated rings. The number of piperidine rings is 1. The first-order valence-electron chi connectivity index (χ1n) is 11.5. The summed E-state index contributed by atoms with van der Waals surface area (Å²) in [5, 5.41) is 3.16. The van der Waals surface area contributed by atoms with Gasteiger partial charge in [-0.25, -0.2) is 0 Å². The van der Waals surface area contributed by atoms with Crippen molar-refractivity contribution in [3.63, 3.8) is 0 Å². The first-order valence-corrected chi connectivity index (χ1v) is 11.5. The van der Waals surface area contributed by atoms with Crippen molar-refractivity contribution in [3.05, 3.63) is 54.6 Å². The molecule has 2 aliphatic rings. The highest BCUT2D eigenvalue weighted by Gasteiger charge is 2.20. The van der Waals surface area contributed by atoms with E-state index >= 15 is 0 Å². The summed E-state index contributed by atoms with van der Waals surface area (Å²) in [5.74, 6) is 0.993. The van der Waals surface area contributed by atoms with Crippen molar-refractivity contribution < 1.29 is 9.53 Å². The first kappa shape index (κ1) is 21.7. The maximum atomic E-state index is 12.7. The Morgan fingerprint density at radius 2 is 1.48 bits per heavy atom. The summed E-state index contributed by atoms with van der Waals surface area (Å²) in [6, 6.07) is 18.1. The van der Waals surface area contributed by atoms with Gasteiger partial charge in [0.25, 0.3) is 0 Å². The minimum absolute atomic E-state index is 0.0744. The van der Waals surface area contributed by atoms with Crippen LogP contribution in [0.2, 0.25) is 0 Å². The van der Waals surface area contributed by atoms with Gasteiger partial charge in [-0.2, -0.15) is 0 Å². The molecule has 0 aliphatic carbocycles. The van der Waals surface area contributed by atoms with Gasteiger partial charge in [0.05, 0.1) is 17.9 Å². The lowest BCUT2D eigenvalue weighted by atomic mass is 10.1. The van der Waals surface area contributed by atoms with E-state index in [0.717, 1.165) is 62.9 Å². The number of anilines is 2. The SMILES string of the molecule is O=C(CN1CCN(CCOc2ccccc2)CC1)Nc1ccccc1N1CCCCC1. The van der Waals surface area contributed by atoms with Crippen LogP contribution in [0.25, 0.3) is 0 Å². The maximum Gasteiger partial charge on any atom is 0.238 e. The molecule has 1 N–H and O–H groups in total. The maximum absolute atomic E-state index is 12.7. The monoisotopic (exact) mass is 422 g/mol. The van der Waals surface area contributed by atoms with Crippen LogP contribution in [-0.4, -0.2) is 74.7 Å². The number of benzene rings is 2. The zero-order valence-corrected chi connectivity index (χ0v) is 18.3. The van der Waals surface area contributed by atoms with Crippen LogP contribution in [0.4, 0.5) is 11.4 Å². The summed E-state index contributed by atoms with van der Waals surface area (Å²) in [7, 11) is 0. The molecule has 1 amide bonds. The van der Waals surface area contributed by atoms with Crippen molar-refractivity contribution in [1.29, 1.82) is 0 Å². The number of piperazine rings is 1. The van der Waals surface area contributed by atoms with Crippen LogP contribution in [0, 0.1) is 0 Å². The Morgan fingerprint density at radius 1 is 0.806 bits per heavy atom. The predicted molar refractivity (Wildman–Crippen MR) is 126 cm³/mol. The normalized spacial score (nSPS) is 18.0. The fraction of sp³-hybridized carbons (Fsp3) is 0.480. The lowest BCUT2D eigenvalue weighted by Crippen LogP contribution is -2.49. The number of nitrogens with zero attached hydrogens (tertiary/aromatic N) is 3. The van der Waals surface area contributed by atoms with Gasteiger partial charge in [0.2, 0.25) is 5.91 Å². The van der Waals surface area contributed by atoms with Crippen molar-refractivity contribution >= 4 is 17.3 Å². The molecule has 31 heavy (non-hydrogen) atoms. The van der Waals surface area contributed by atoms with Gasteiger partial charge in [-0.15, -0.1) is 0 Å². The van der Waals surface area contributed by atoms with Gasteiger partial charge in [0.1, 0.15) is 12.4 Å². The second kappa shape index (κ2) is 11.2. The number of amides is 1. The highest BCUT2D eigenvalue weighted by Crippen LogP contribution is 2.28. The van der Waals surface area contributed by atoms with E-state index in [0.29, 0.717) is 13.2 Å². The number of ether oxygens (including phenoxy) is 1. The highest BCUT2D eigenvalue weighted by molar-refractivity contribution is 5.95. The van der Waals surface area contributed by atoms with Crippen LogP contribution >= 0.6 is 0 Å². The molecule has 6 nitrogen and oxygen atoms in total. The second-order valence-electron chi connectivity index (χ2n) is 8.39. The zero-order chi connectivity index (χ0) is 21.3. The van der Waals surface area contributed by atoms with Crippen LogP contribution in [0.15, 0.2) is 54.6 Å². The summed E-state index contributed by atoms with van der Waals surface area (Å²) < 4.78 is 5.80. The van der Waals surface area contributed by atoms with Crippen LogP contribution in [0.5, 0.6) is 5.75 Å². The Bertz CT molecular complexity index is 815. The highest BCUT2D eigenvalue weighted by atomic mass is 16.5. The molecule has 2 saturated heterocycles. The van der Waals surface area contributed by atoms with Crippen LogP contribution in [0.1, 0.15) is 19.3 Å². The number of rotatable bonds is 8. The van der Waals surface area contributed by atoms with E-state index in [9.17, 15) is 4.79 Å². The topological polar surface area (TPSA) is 48.1 Å². The minimum Gasteiger partial charge on any atom is -0.492 e. The summed E-state index contributed by atoms with van der Waals surface area (Å²) in [5.41, 5.74) is 2.09. The third-order valence-corrected chi connectivity index (χ3v) is 6.13. The van der Waals surface area contributed by atoms with Gasteiger partial charge >= 0.3 is 0 Å². The molecule has 0 radical (unpaired) electrons. The van der Waals surface area contributed by atoms with E-state index in [2.05, 4.69) is 32.1 Å². The Balaban J connectivity index is 1.19. The van der Waals surface area contributed by atoms with Gasteiger partial charge in [-0.3, -0.25) is 14.6 Å². The number of carbonyl (C=O) groups excluding carboxylic acids is 1. The molecule has 6 heteroatoms. The van der Waals surface area contributed by atoms with E-state index < -0.39 is 0 Å². The standard InChI is InChI=1S/C25H34N4O2/c30-25(26-23-11-5-6-12-24(23)29-13-7-2-8-14-29)21-28-17-15-27(16-18-28)19-20-31-22-9-3-1-4-10-22/h1,3-6,9-12H,2,7-8,13-21H2,(H,26,30). The first-order chi connectivity index (χ1) is 15.3. The fourth-order valence-corrected chi connectivity index (χ4v) is 4.36. The lowest BCUT2D eigenvalue weighted by Gasteiger charge is -2.34. The average Bonchev–Trinajstić information content (AvgIpc) is 2.82. The van der Waals surface area contributed by atoms with E-state index in [4.69, 9.17) is 4.74 Å². The Kier molecular flexibility index (Phi) is 7.80. The van der Waals surface area contributed by atoms with Crippen molar-refractivity contribution in [1.82, 2.24) is 9.80 Å². The summed E-state index contributed by atoms with van der Waals surface area (Å²) in [6.07, 6.45) is 3.75. The number of hydrogen-bond acceptors (Lipinski definition) is 5. The Morgan fingerprint density at radius 3 is 2.26 bits per heavy atom. The van der Waals surface area contributed by atoms with Crippen molar-refractivity contribution in [2.24, 2.45) is 0 Å². The molecule has 2 aliphatic heterocycles. The molecule has 2 heterocycles. The quantitative estimate of drug-likeness (QED) is 0.707. The molecule has 4 rings (SSSR count). The van der Waals surface area contributed by atoms with Crippen molar-refractivity contribution in [2.45, 2.75) is 19.3 Å². The molecule has 2 aromatic rings. The largest absolute Gasteiger partial charge is 0.492 e. The molecule has 0 atom stereocenters. The third kappa shape index (κ3) is 6.45. The van der Waals surface area contributed by atoms with Gasteiger partial charge in [-0.05, 0) is 43.5 Å². The van der Waals surface area contributed by atoms with E-state index in [1.807, 2.05) is 42.5 Å². The minimum atomic E-state index is 0.0744. The summed E-state index contributed by atoms with van der Waals surface area (Å²) in [6.45, 7) is 7.95. The number of carbonyl (C=O) groups is 1. The zero-order valence-electron chi connectivity index (χ0n) is 18.3. The van der Waals surface area contributed by atoms with Crippen molar-refractivity contribution in [2.75, 3.05) is 69.2 Å². The van der Waals surface area contributed by atoms with Crippen LogP contribution < -0.4 is 15.0 Å². The van der Waals surface area contributed by atoms with Crippen molar-refractivity contribution in [3.8, 4) is 5.75 Å². The smallest absolute Gasteiger partial charge is 0.238 e. The number of para-hydroxylation sites is 3. The van der Waals surface area contributed by atoms with E-state index in [-0.39, 0.29) is 5.91 Å². The second-order valence-corrected chi connectivity index (χ2v) is 8.39. The molecule has 0 unspecified atom stereocenters.